The highest BCUT2D eigenvalue weighted by molar-refractivity contribution is 7.47. The molecule has 0 heterocycles. The lowest BCUT2D eigenvalue weighted by molar-refractivity contribution is -0.870. The van der Waals surface area contributed by atoms with E-state index in [0.29, 0.717) is 17.4 Å². The number of hydrogen-bond acceptors (Lipinski definition) is 5. The molecular formula is C45H92N2O6P+. The fraction of sp³-hybridized carbons (Fsp3) is 0.933. The Morgan fingerprint density at radius 1 is 0.611 bits per heavy atom. The number of carbonyl (C=O) groups excluding carboxylic acids is 1. The van der Waals surface area contributed by atoms with Crippen LogP contribution < -0.4 is 5.32 Å². The summed E-state index contributed by atoms with van der Waals surface area (Å²) in [6.45, 7) is 4.83. The van der Waals surface area contributed by atoms with Gasteiger partial charge in [0.05, 0.1) is 39.9 Å². The first-order valence-electron chi connectivity index (χ1n) is 23.1. The maximum absolute atomic E-state index is 12.9. The minimum atomic E-state index is -4.33. The largest absolute Gasteiger partial charge is 0.472 e. The third-order valence-electron chi connectivity index (χ3n) is 10.5. The van der Waals surface area contributed by atoms with Gasteiger partial charge in [0.2, 0.25) is 5.91 Å². The molecular weight excluding hydrogens is 695 g/mol. The number of allylic oxidation sites excluding steroid dienone is 1. The van der Waals surface area contributed by atoms with Crippen LogP contribution in [0.4, 0.5) is 0 Å². The summed E-state index contributed by atoms with van der Waals surface area (Å²) < 4.78 is 23.6. The van der Waals surface area contributed by atoms with E-state index in [4.69, 9.17) is 9.05 Å². The number of nitrogens with one attached hydrogen (secondary N) is 1. The Balaban J connectivity index is 4.32. The lowest BCUT2D eigenvalue weighted by atomic mass is 10.0. The van der Waals surface area contributed by atoms with Gasteiger partial charge < -0.3 is 19.8 Å². The molecule has 0 radical (unpaired) electrons. The molecule has 322 valence electrons. The van der Waals surface area contributed by atoms with Gasteiger partial charge in [-0.1, -0.05) is 206 Å². The monoisotopic (exact) mass is 788 g/mol. The van der Waals surface area contributed by atoms with Gasteiger partial charge in [-0.3, -0.25) is 13.8 Å². The molecule has 0 aliphatic rings. The van der Waals surface area contributed by atoms with E-state index >= 15 is 0 Å². The Labute approximate surface area is 335 Å². The zero-order valence-corrected chi connectivity index (χ0v) is 37.4. The Hall–Kier alpha value is -0.760. The molecule has 9 heteroatoms. The number of phosphoric acid groups is 1. The number of rotatable bonds is 42. The average molecular weight is 788 g/mol. The van der Waals surface area contributed by atoms with E-state index in [0.717, 1.165) is 38.5 Å². The fourth-order valence-corrected chi connectivity index (χ4v) is 7.54. The van der Waals surface area contributed by atoms with Crippen molar-refractivity contribution in [3.05, 3.63) is 12.2 Å². The fourth-order valence-electron chi connectivity index (χ4n) is 6.81. The lowest BCUT2D eigenvalue weighted by Crippen LogP contribution is -2.45. The number of carbonyl (C=O) groups is 1. The molecule has 0 aliphatic heterocycles. The smallest absolute Gasteiger partial charge is 0.387 e. The van der Waals surface area contributed by atoms with Crippen molar-refractivity contribution in [1.29, 1.82) is 0 Å². The molecule has 0 saturated carbocycles. The molecule has 8 nitrogen and oxygen atoms in total. The standard InChI is InChI=1S/C45H91N2O6P/c1-6-8-10-12-14-16-18-20-21-22-23-24-25-27-29-31-33-35-37-39-45(49)46-43(42-53-54(50,51)52-41-40-47(3,4)5)44(48)38-36-34-32-30-28-26-19-17-15-13-11-9-7-2/h36,38,43-44,48H,6-35,37,39-42H2,1-5H3,(H-,46,49,50,51)/p+1/b38-36+/t43-,44+/m1/s1. The first kappa shape index (κ1) is 53.2. The molecule has 0 saturated heterocycles. The van der Waals surface area contributed by atoms with E-state index in [2.05, 4.69) is 19.2 Å². The van der Waals surface area contributed by atoms with Crippen LogP contribution >= 0.6 is 7.82 Å². The van der Waals surface area contributed by atoms with Gasteiger partial charge in [-0.05, 0) is 19.3 Å². The van der Waals surface area contributed by atoms with Gasteiger partial charge in [0, 0.05) is 6.42 Å². The Kier molecular flexibility index (Phi) is 37.3. The van der Waals surface area contributed by atoms with Crippen molar-refractivity contribution in [1.82, 2.24) is 5.32 Å². The van der Waals surface area contributed by atoms with Crippen molar-refractivity contribution in [2.45, 2.75) is 231 Å². The number of phosphoric ester groups is 1. The maximum atomic E-state index is 12.9. The molecule has 1 unspecified atom stereocenters. The first-order valence-corrected chi connectivity index (χ1v) is 24.6. The Morgan fingerprint density at radius 2 is 0.981 bits per heavy atom. The van der Waals surface area contributed by atoms with E-state index in [1.165, 1.54) is 161 Å². The van der Waals surface area contributed by atoms with E-state index in [1.54, 1.807) is 6.08 Å². The topological polar surface area (TPSA) is 105 Å². The lowest BCUT2D eigenvalue weighted by Gasteiger charge is -2.25. The summed E-state index contributed by atoms with van der Waals surface area (Å²) in [6, 6.07) is -0.839. The van der Waals surface area contributed by atoms with Crippen LogP contribution in [-0.4, -0.2) is 73.4 Å². The van der Waals surface area contributed by atoms with Crippen LogP contribution in [0.1, 0.15) is 219 Å². The summed E-state index contributed by atoms with van der Waals surface area (Å²) in [5, 5.41) is 13.8. The SMILES string of the molecule is CCCCCCCCCCCCC/C=C/[C@H](O)[C@@H](COP(=O)(O)OCC[N+](C)(C)C)NC(=O)CCCCCCCCCCCCCCCCCCCCC. The van der Waals surface area contributed by atoms with E-state index in [-0.39, 0.29) is 19.1 Å². The van der Waals surface area contributed by atoms with Crippen LogP contribution in [0.25, 0.3) is 0 Å². The molecule has 0 aliphatic carbocycles. The van der Waals surface area contributed by atoms with Gasteiger partial charge in [-0.15, -0.1) is 0 Å². The highest BCUT2D eigenvalue weighted by atomic mass is 31.2. The van der Waals surface area contributed by atoms with Crippen molar-refractivity contribution >= 4 is 13.7 Å². The van der Waals surface area contributed by atoms with Crippen molar-refractivity contribution in [2.24, 2.45) is 0 Å². The number of hydrogen-bond donors (Lipinski definition) is 3. The normalized spacial score (nSPS) is 14.4. The molecule has 0 fully saturated rings. The van der Waals surface area contributed by atoms with Crippen molar-refractivity contribution in [3.8, 4) is 0 Å². The molecule has 1 amide bonds. The zero-order valence-electron chi connectivity index (χ0n) is 36.5. The number of aliphatic hydroxyl groups is 1. The average Bonchev–Trinajstić information content (AvgIpc) is 3.12. The van der Waals surface area contributed by atoms with Crippen LogP contribution in [0.3, 0.4) is 0 Å². The summed E-state index contributed by atoms with van der Waals surface area (Å²) >= 11 is 0. The highest BCUT2D eigenvalue weighted by Crippen LogP contribution is 2.43. The molecule has 3 N–H and O–H groups in total. The minimum absolute atomic E-state index is 0.0646. The number of nitrogens with zero attached hydrogens (tertiary/aromatic N) is 1. The van der Waals surface area contributed by atoms with Gasteiger partial charge >= 0.3 is 7.82 Å². The number of quaternary nitrogens is 1. The van der Waals surface area contributed by atoms with Crippen LogP contribution in [-0.2, 0) is 18.4 Å². The van der Waals surface area contributed by atoms with Crippen LogP contribution in [0.15, 0.2) is 12.2 Å². The second-order valence-corrected chi connectivity index (χ2v) is 18.6. The van der Waals surface area contributed by atoms with Crippen LogP contribution in [0, 0.1) is 0 Å². The van der Waals surface area contributed by atoms with E-state index in [1.807, 2.05) is 27.2 Å². The van der Waals surface area contributed by atoms with Gasteiger partial charge in [0.1, 0.15) is 13.2 Å². The predicted octanol–water partition coefficient (Wildman–Crippen LogP) is 12.8. The van der Waals surface area contributed by atoms with Gasteiger partial charge in [0.15, 0.2) is 0 Å². The molecule has 3 atom stereocenters. The van der Waals surface area contributed by atoms with Crippen molar-refractivity contribution in [3.63, 3.8) is 0 Å². The van der Waals surface area contributed by atoms with Gasteiger partial charge in [-0.25, -0.2) is 4.57 Å². The maximum Gasteiger partial charge on any atom is 0.472 e. The van der Waals surface area contributed by atoms with Crippen LogP contribution in [0.2, 0.25) is 0 Å². The van der Waals surface area contributed by atoms with Crippen molar-refractivity contribution in [2.75, 3.05) is 40.9 Å². The first-order chi connectivity index (χ1) is 26.0. The summed E-state index contributed by atoms with van der Waals surface area (Å²) in [7, 11) is 1.58. The Morgan fingerprint density at radius 3 is 1.37 bits per heavy atom. The molecule has 54 heavy (non-hydrogen) atoms. The molecule has 0 aromatic carbocycles. The van der Waals surface area contributed by atoms with E-state index < -0.39 is 20.0 Å². The number of likely N-dealkylation sites (N-methyl/N-ethyl adjacent to an activating group) is 1. The second-order valence-electron chi connectivity index (χ2n) is 17.1. The van der Waals surface area contributed by atoms with Crippen molar-refractivity contribution < 1.29 is 32.9 Å². The summed E-state index contributed by atoms with van der Waals surface area (Å²) in [5.74, 6) is -0.174. The number of amides is 1. The summed E-state index contributed by atoms with van der Waals surface area (Å²) in [6.07, 6.45) is 42.8. The van der Waals surface area contributed by atoms with E-state index in [9.17, 15) is 19.4 Å². The third kappa shape index (κ3) is 39.5. The van der Waals surface area contributed by atoms with Gasteiger partial charge in [-0.2, -0.15) is 0 Å². The highest BCUT2D eigenvalue weighted by Gasteiger charge is 2.27. The number of unbranched alkanes of at least 4 members (excludes halogenated alkanes) is 29. The quantitative estimate of drug-likeness (QED) is 0.0246. The molecule has 0 rings (SSSR count). The minimum Gasteiger partial charge on any atom is -0.387 e. The summed E-state index contributed by atoms with van der Waals surface area (Å²) in [5.41, 5.74) is 0. The second kappa shape index (κ2) is 37.8. The van der Waals surface area contributed by atoms with Gasteiger partial charge in [0.25, 0.3) is 0 Å². The Bertz CT molecular complexity index is 896. The van der Waals surface area contributed by atoms with Crippen LogP contribution in [0.5, 0.6) is 0 Å². The summed E-state index contributed by atoms with van der Waals surface area (Å²) in [4.78, 5) is 23.1. The predicted molar refractivity (Wildman–Crippen MR) is 231 cm³/mol. The molecule has 0 bridgehead atoms. The zero-order chi connectivity index (χ0) is 40.0. The molecule has 0 spiro atoms. The molecule has 0 aromatic heterocycles. The number of aliphatic hydroxyl groups excluding tert-OH is 1. The molecule has 0 aromatic rings. The third-order valence-corrected chi connectivity index (χ3v) is 11.5.